The third-order valence-corrected chi connectivity index (χ3v) is 0.739. The standard InChI is InChI=1S/C2H3NS/c1-2-3-4-2/h3H,1H2. The van der Waals surface area contributed by atoms with Crippen LogP contribution < -0.4 is 4.72 Å². The van der Waals surface area contributed by atoms with E-state index in [0.717, 1.165) is 5.03 Å². The van der Waals surface area contributed by atoms with Gasteiger partial charge in [-0.1, -0.05) is 6.58 Å². The predicted molar refractivity (Wildman–Crippen MR) is 19.9 cm³/mol. The van der Waals surface area contributed by atoms with Gasteiger partial charge in [0.1, 0.15) is 0 Å². The van der Waals surface area contributed by atoms with E-state index in [0.29, 0.717) is 0 Å². The van der Waals surface area contributed by atoms with Crippen LogP contribution in [0, 0.1) is 0 Å². The second-order valence-electron chi connectivity index (χ2n) is 0.627. The van der Waals surface area contributed by atoms with Crippen LogP contribution in [-0.2, 0) is 0 Å². The Labute approximate surface area is 29.2 Å². The second-order valence-corrected chi connectivity index (χ2v) is 1.53. The van der Waals surface area contributed by atoms with Gasteiger partial charge in [-0.25, -0.2) is 0 Å². The lowest BCUT2D eigenvalue weighted by molar-refractivity contribution is 1.55. The van der Waals surface area contributed by atoms with Crippen LogP contribution in [0.5, 0.6) is 0 Å². The Morgan fingerprint density at radius 3 is 2.25 bits per heavy atom. The Bertz CT molecular complexity index is 44.0. The molecule has 0 amide bonds. The minimum atomic E-state index is 1.08. The fourth-order valence-corrected chi connectivity index (χ4v) is 0.108. The first-order chi connectivity index (χ1) is 1.89. The predicted octanol–water partition coefficient (Wildman–Crippen LogP) is 0.709. The average molecular weight is 73.1 g/mol. The lowest BCUT2D eigenvalue weighted by Crippen LogP contribution is -1.50. The van der Waals surface area contributed by atoms with E-state index in [2.05, 4.69) is 11.3 Å². The van der Waals surface area contributed by atoms with E-state index >= 15 is 0 Å². The molecular formula is C2H3NS. The van der Waals surface area contributed by atoms with Crippen LogP contribution in [0.2, 0.25) is 0 Å². The van der Waals surface area contributed by atoms with E-state index in [4.69, 9.17) is 0 Å². The zero-order chi connectivity index (χ0) is 2.99. The van der Waals surface area contributed by atoms with Gasteiger partial charge < -0.3 is 4.72 Å². The lowest BCUT2D eigenvalue weighted by atomic mass is 11.1. The maximum atomic E-state index is 3.52. The summed E-state index contributed by atoms with van der Waals surface area (Å²) in [5.41, 5.74) is 0. The van der Waals surface area contributed by atoms with Gasteiger partial charge in [-0.3, -0.25) is 0 Å². The summed E-state index contributed by atoms with van der Waals surface area (Å²) in [5.74, 6) is 0. The fraction of sp³-hybridized carbons (Fsp3) is 0. The maximum absolute atomic E-state index is 3.52. The van der Waals surface area contributed by atoms with Crippen LogP contribution in [0.4, 0.5) is 0 Å². The third kappa shape index (κ3) is 0.179. The Balaban J connectivity index is 2.60. The van der Waals surface area contributed by atoms with Crippen LogP contribution >= 0.6 is 11.9 Å². The first-order valence-electron chi connectivity index (χ1n) is 1.01. The van der Waals surface area contributed by atoms with Crippen molar-refractivity contribution in [3.05, 3.63) is 11.6 Å². The molecule has 1 nitrogen and oxygen atoms in total. The molecule has 1 saturated heterocycles. The SMILES string of the molecule is C=C1NS1. The highest BCUT2D eigenvalue weighted by atomic mass is 32.2. The highest BCUT2D eigenvalue weighted by Gasteiger charge is 2.03. The number of hydrogen-bond donors (Lipinski definition) is 1. The second kappa shape index (κ2) is 0.432. The summed E-state index contributed by atoms with van der Waals surface area (Å²) in [7, 11) is 0. The van der Waals surface area contributed by atoms with Gasteiger partial charge in [0.25, 0.3) is 0 Å². The van der Waals surface area contributed by atoms with Crippen LogP contribution in [0.1, 0.15) is 0 Å². The van der Waals surface area contributed by atoms with Gasteiger partial charge in [0, 0.05) is 11.9 Å². The van der Waals surface area contributed by atoms with Crippen molar-refractivity contribution in [3.63, 3.8) is 0 Å². The van der Waals surface area contributed by atoms with E-state index in [9.17, 15) is 0 Å². The summed E-state index contributed by atoms with van der Waals surface area (Å²) in [4.78, 5) is 0. The van der Waals surface area contributed by atoms with Crippen LogP contribution in [0.3, 0.4) is 0 Å². The lowest BCUT2D eigenvalue weighted by Gasteiger charge is -1.31. The summed E-state index contributed by atoms with van der Waals surface area (Å²) in [6.07, 6.45) is 0. The molecule has 1 heterocycles. The van der Waals surface area contributed by atoms with E-state index in [1.54, 1.807) is 11.9 Å². The molecule has 0 aliphatic carbocycles. The molecule has 1 aliphatic rings. The minimum Gasteiger partial charge on any atom is -0.318 e. The molecule has 0 aromatic rings. The Morgan fingerprint density at radius 1 is 2.00 bits per heavy atom. The van der Waals surface area contributed by atoms with Crippen molar-refractivity contribution in [2.45, 2.75) is 0 Å². The van der Waals surface area contributed by atoms with Crippen molar-refractivity contribution in [1.82, 2.24) is 4.72 Å². The first kappa shape index (κ1) is 2.15. The van der Waals surface area contributed by atoms with Gasteiger partial charge in [0.15, 0.2) is 0 Å². The maximum Gasteiger partial charge on any atom is 0.0921 e. The molecule has 2 heteroatoms. The molecule has 1 fully saturated rings. The summed E-state index contributed by atoms with van der Waals surface area (Å²) in [6.45, 7) is 3.52. The van der Waals surface area contributed by atoms with Gasteiger partial charge in [-0.2, -0.15) is 0 Å². The van der Waals surface area contributed by atoms with E-state index < -0.39 is 0 Å². The molecule has 0 bridgehead atoms. The largest absolute Gasteiger partial charge is 0.318 e. The average Bonchev–Trinajstić information content (AvgIpc) is 1.75. The van der Waals surface area contributed by atoms with Crippen LogP contribution in [-0.4, -0.2) is 0 Å². The van der Waals surface area contributed by atoms with Gasteiger partial charge in [-0.15, -0.1) is 0 Å². The quantitative estimate of drug-likeness (QED) is 0.337. The third-order valence-electron chi connectivity index (χ3n) is 0.246. The van der Waals surface area contributed by atoms with Crippen LogP contribution in [0.25, 0.3) is 0 Å². The molecule has 0 spiro atoms. The zero-order valence-corrected chi connectivity index (χ0v) is 2.93. The topological polar surface area (TPSA) is 21.9 Å². The van der Waals surface area contributed by atoms with E-state index in [1.807, 2.05) is 0 Å². The highest BCUT2D eigenvalue weighted by molar-refractivity contribution is 8.08. The summed E-state index contributed by atoms with van der Waals surface area (Å²) in [6, 6.07) is 0. The Kier molecular flexibility index (Phi) is 0.232. The normalized spacial score (nSPS) is 19.5. The monoisotopic (exact) mass is 73.0 g/mol. The number of nitrogens with one attached hydrogen (secondary N) is 1. The highest BCUT2D eigenvalue weighted by Crippen LogP contribution is 2.21. The van der Waals surface area contributed by atoms with Crippen molar-refractivity contribution in [2.24, 2.45) is 0 Å². The molecule has 0 radical (unpaired) electrons. The summed E-state index contributed by atoms with van der Waals surface area (Å²) in [5, 5.41) is 1.08. The van der Waals surface area contributed by atoms with Crippen molar-refractivity contribution in [3.8, 4) is 0 Å². The molecule has 0 aromatic carbocycles. The first-order valence-corrected chi connectivity index (χ1v) is 1.83. The molecule has 1 N–H and O–H groups in total. The van der Waals surface area contributed by atoms with Gasteiger partial charge >= 0.3 is 0 Å². The van der Waals surface area contributed by atoms with Gasteiger partial charge in [0.2, 0.25) is 0 Å². The fourth-order valence-electron chi connectivity index (χ4n) is 0.0361. The molecule has 0 unspecified atom stereocenters. The van der Waals surface area contributed by atoms with E-state index in [-0.39, 0.29) is 0 Å². The number of hydrogen-bond acceptors (Lipinski definition) is 2. The molecule has 22 valence electrons. The van der Waals surface area contributed by atoms with Crippen molar-refractivity contribution < 1.29 is 0 Å². The Morgan fingerprint density at radius 2 is 2.25 bits per heavy atom. The smallest absolute Gasteiger partial charge is 0.0921 e. The molecule has 1 aliphatic heterocycles. The summed E-state index contributed by atoms with van der Waals surface area (Å²) < 4.78 is 2.82. The zero-order valence-electron chi connectivity index (χ0n) is 2.12. The molecule has 0 saturated carbocycles. The van der Waals surface area contributed by atoms with Gasteiger partial charge in [0.05, 0.1) is 5.03 Å². The number of rotatable bonds is 0. The van der Waals surface area contributed by atoms with E-state index in [1.165, 1.54) is 0 Å². The minimum absolute atomic E-state index is 1.08. The summed E-state index contributed by atoms with van der Waals surface area (Å²) >= 11 is 1.58. The molecule has 1 rings (SSSR count). The molecule has 4 heavy (non-hydrogen) atoms. The van der Waals surface area contributed by atoms with Crippen molar-refractivity contribution in [1.29, 1.82) is 0 Å². The molecule has 0 aromatic heterocycles. The van der Waals surface area contributed by atoms with Crippen molar-refractivity contribution in [2.75, 3.05) is 0 Å². The van der Waals surface area contributed by atoms with Gasteiger partial charge in [-0.05, 0) is 0 Å². The Hall–Kier alpha value is -0.110. The molecular weight excluding hydrogens is 70.1 g/mol. The van der Waals surface area contributed by atoms with Crippen molar-refractivity contribution >= 4 is 11.9 Å². The molecule has 0 atom stereocenters. The van der Waals surface area contributed by atoms with Crippen LogP contribution in [0.15, 0.2) is 11.6 Å².